The average Bonchev–Trinajstić information content (AvgIpc) is 3.16. The van der Waals surface area contributed by atoms with E-state index >= 15 is 0 Å². The number of rotatable bonds is 5. The fourth-order valence-electron chi connectivity index (χ4n) is 2.23. The molecular weight excluding hydrogens is 303 g/mol. The molecule has 8 heteroatoms. The largest absolute Gasteiger partial charge is 0.484 e. The predicted octanol–water partition coefficient (Wildman–Crippen LogP) is 0.746. The number of carbonyl (C=O) groups excluding carboxylic acids is 2. The van der Waals surface area contributed by atoms with Gasteiger partial charge in [0.05, 0.1) is 5.69 Å². The Hall–Kier alpha value is -2.90. The quantitative estimate of drug-likeness (QED) is 0.758. The van der Waals surface area contributed by atoms with Gasteiger partial charge in [0.2, 0.25) is 5.91 Å². The summed E-state index contributed by atoms with van der Waals surface area (Å²) < 4.78 is 18.8. The molecule has 1 aliphatic rings. The van der Waals surface area contributed by atoms with Crippen LogP contribution in [0.4, 0.5) is 4.39 Å². The molecule has 1 atom stereocenters. The number of carbonyl (C=O) groups is 2. The highest BCUT2D eigenvalue weighted by molar-refractivity contribution is 5.96. The van der Waals surface area contributed by atoms with Gasteiger partial charge in [-0.3, -0.25) is 14.7 Å². The number of para-hydroxylation sites is 1. The standard InChI is InChI=1S/C15H15FN4O3/c16-10-3-1-2-4-13(10)23-8-9-7-12(20-19-9)15(22)18-11-5-6-17-14(11)21/h1-4,7,11H,5-6,8H2,(H,17,21)(H,18,22)(H,19,20). The smallest absolute Gasteiger partial charge is 0.272 e. The lowest BCUT2D eigenvalue weighted by Gasteiger charge is -2.07. The Bertz CT molecular complexity index is 731. The first-order valence-corrected chi connectivity index (χ1v) is 7.13. The van der Waals surface area contributed by atoms with E-state index in [2.05, 4.69) is 20.8 Å². The Labute approximate surface area is 131 Å². The number of benzene rings is 1. The second-order valence-electron chi connectivity index (χ2n) is 5.10. The van der Waals surface area contributed by atoms with Gasteiger partial charge in [-0.25, -0.2) is 4.39 Å². The van der Waals surface area contributed by atoms with Gasteiger partial charge in [0, 0.05) is 6.54 Å². The zero-order valence-electron chi connectivity index (χ0n) is 12.1. The van der Waals surface area contributed by atoms with E-state index in [0.29, 0.717) is 18.7 Å². The molecule has 1 unspecified atom stereocenters. The minimum absolute atomic E-state index is 0.0468. The van der Waals surface area contributed by atoms with Crippen molar-refractivity contribution in [3.8, 4) is 5.75 Å². The number of amides is 2. The van der Waals surface area contributed by atoms with E-state index in [0.717, 1.165) is 0 Å². The van der Waals surface area contributed by atoms with Crippen LogP contribution in [0.3, 0.4) is 0 Å². The molecular formula is C15H15FN4O3. The van der Waals surface area contributed by atoms with Crippen LogP contribution < -0.4 is 15.4 Å². The number of hydrogen-bond donors (Lipinski definition) is 3. The maximum Gasteiger partial charge on any atom is 0.272 e. The lowest BCUT2D eigenvalue weighted by Crippen LogP contribution is -2.40. The molecule has 2 aromatic rings. The van der Waals surface area contributed by atoms with Crippen molar-refractivity contribution in [1.29, 1.82) is 0 Å². The zero-order chi connectivity index (χ0) is 16.2. The first-order valence-electron chi connectivity index (χ1n) is 7.13. The van der Waals surface area contributed by atoms with Crippen molar-refractivity contribution in [2.24, 2.45) is 0 Å². The van der Waals surface area contributed by atoms with Gasteiger partial charge < -0.3 is 15.4 Å². The number of nitrogens with one attached hydrogen (secondary N) is 3. The van der Waals surface area contributed by atoms with E-state index in [-0.39, 0.29) is 24.0 Å². The van der Waals surface area contributed by atoms with E-state index in [1.165, 1.54) is 18.2 Å². The van der Waals surface area contributed by atoms with Crippen molar-refractivity contribution in [2.75, 3.05) is 6.54 Å². The summed E-state index contributed by atoms with van der Waals surface area (Å²) >= 11 is 0. The van der Waals surface area contributed by atoms with E-state index in [9.17, 15) is 14.0 Å². The highest BCUT2D eigenvalue weighted by atomic mass is 19.1. The van der Waals surface area contributed by atoms with E-state index in [1.807, 2.05) is 0 Å². The molecule has 0 bridgehead atoms. The topological polar surface area (TPSA) is 96.1 Å². The zero-order valence-corrected chi connectivity index (χ0v) is 12.1. The highest BCUT2D eigenvalue weighted by Gasteiger charge is 2.26. The molecule has 120 valence electrons. The summed E-state index contributed by atoms with van der Waals surface area (Å²) in [6.07, 6.45) is 0.554. The van der Waals surface area contributed by atoms with Gasteiger partial charge in [-0.05, 0) is 24.6 Å². The Morgan fingerprint density at radius 3 is 3.00 bits per heavy atom. The normalized spacial score (nSPS) is 16.9. The minimum atomic E-state index is -0.530. The number of aromatic amines is 1. The molecule has 2 amide bonds. The molecule has 1 aromatic heterocycles. The van der Waals surface area contributed by atoms with E-state index in [1.54, 1.807) is 12.1 Å². The molecule has 2 heterocycles. The number of halogens is 1. The number of aromatic nitrogens is 2. The summed E-state index contributed by atoms with van der Waals surface area (Å²) in [4.78, 5) is 23.4. The summed E-state index contributed by atoms with van der Waals surface area (Å²) in [5.41, 5.74) is 0.672. The van der Waals surface area contributed by atoms with Crippen molar-refractivity contribution in [2.45, 2.75) is 19.1 Å². The van der Waals surface area contributed by atoms with Gasteiger partial charge >= 0.3 is 0 Å². The van der Waals surface area contributed by atoms with Crippen LogP contribution in [0.25, 0.3) is 0 Å². The number of H-pyrrole nitrogens is 1. The SMILES string of the molecule is O=C(NC1CCNC1=O)c1cc(COc2ccccc2F)[nH]n1. The molecule has 1 fully saturated rings. The highest BCUT2D eigenvalue weighted by Crippen LogP contribution is 2.16. The minimum Gasteiger partial charge on any atom is -0.484 e. The molecule has 3 N–H and O–H groups in total. The van der Waals surface area contributed by atoms with E-state index < -0.39 is 17.8 Å². The summed E-state index contributed by atoms with van der Waals surface area (Å²) in [7, 11) is 0. The lowest BCUT2D eigenvalue weighted by atomic mass is 10.2. The maximum absolute atomic E-state index is 13.4. The fourth-order valence-corrected chi connectivity index (χ4v) is 2.23. The number of nitrogens with zero attached hydrogens (tertiary/aromatic N) is 1. The van der Waals surface area contributed by atoms with Crippen molar-refractivity contribution >= 4 is 11.8 Å². The van der Waals surface area contributed by atoms with Crippen LogP contribution in [0.15, 0.2) is 30.3 Å². The molecule has 0 radical (unpaired) electrons. The summed E-state index contributed by atoms with van der Waals surface area (Å²) in [5.74, 6) is -0.981. The van der Waals surface area contributed by atoms with Crippen LogP contribution in [-0.2, 0) is 11.4 Å². The summed E-state index contributed by atoms with van der Waals surface area (Å²) in [6.45, 7) is 0.594. The molecule has 0 aliphatic carbocycles. The molecule has 0 saturated carbocycles. The van der Waals surface area contributed by atoms with Crippen LogP contribution in [0.5, 0.6) is 5.75 Å². The van der Waals surface area contributed by atoms with Gasteiger partial charge in [-0.15, -0.1) is 0 Å². The van der Waals surface area contributed by atoms with Gasteiger partial charge in [-0.1, -0.05) is 12.1 Å². The lowest BCUT2D eigenvalue weighted by molar-refractivity contribution is -0.120. The second kappa shape index (κ2) is 6.47. The Morgan fingerprint density at radius 2 is 2.26 bits per heavy atom. The van der Waals surface area contributed by atoms with Crippen molar-refractivity contribution in [1.82, 2.24) is 20.8 Å². The second-order valence-corrected chi connectivity index (χ2v) is 5.10. The third-order valence-corrected chi connectivity index (χ3v) is 3.44. The predicted molar refractivity (Wildman–Crippen MR) is 78.2 cm³/mol. The van der Waals surface area contributed by atoms with Crippen LogP contribution in [0, 0.1) is 5.82 Å². The van der Waals surface area contributed by atoms with Crippen molar-refractivity contribution in [3.05, 3.63) is 47.5 Å². The average molecular weight is 318 g/mol. The Kier molecular flexibility index (Phi) is 4.22. The third kappa shape index (κ3) is 3.47. The first-order chi connectivity index (χ1) is 11.1. The van der Waals surface area contributed by atoms with E-state index in [4.69, 9.17) is 4.74 Å². The van der Waals surface area contributed by atoms with Gasteiger partial charge in [0.1, 0.15) is 18.3 Å². The first kappa shape index (κ1) is 15.0. The van der Waals surface area contributed by atoms with Crippen LogP contribution >= 0.6 is 0 Å². The van der Waals surface area contributed by atoms with Gasteiger partial charge in [0.25, 0.3) is 5.91 Å². The molecule has 7 nitrogen and oxygen atoms in total. The molecule has 1 aromatic carbocycles. The van der Waals surface area contributed by atoms with Gasteiger partial charge in [-0.2, -0.15) is 5.10 Å². The van der Waals surface area contributed by atoms with Gasteiger partial charge in [0.15, 0.2) is 11.6 Å². The number of hydrogen-bond acceptors (Lipinski definition) is 4. The fraction of sp³-hybridized carbons (Fsp3) is 0.267. The third-order valence-electron chi connectivity index (χ3n) is 3.44. The molecule has 1 aliphatic heterocycles. The van der Waals surface area contributed by atoms with Crippen molar-refractivity contribution in [3.63, 3.8) is 0 Å². The molecule has 3 rings (SSSR count). The molecule has 0 spiro atoms. The van der Waals surface area contributed by atoms with Crippen molar-refractivity contribution < 1.29 is 18.7 Å². The maximum atomic E-state index is 13.4. The molecule has 1 saturated heterocycles. The van der Waals surface area contributed by atoms with Crippen LogP contribution in [0.1, 0.15) is 22.6 Å². The Morgan fingerprint density at radius 1 is 1.43 bits per heavy atom. The molecule has 23 heavy (non-hydrogen) atoms. The monoisotopic (exact) mass is 318 g/mol. The summed E-state index contributed by atoms with van der Waals surface area (Å²) in [5, 5.41) is 11.8. The number of ether oxygens (including phenoxy) is 1. The van der Waals surface area contributed by atoms with Crippen LogP contribution in [0.2, 0.25) is 0 Å². The van der Waals surface area contributed by atoms with Crippen LogP contribution in [-0.4, -0.2) is 34.6 Å². The summed E-state index contributed by atoms with van der Waals surface area (Å²) in [6, 6.07) is 7.02. The Balaban J connectivity index is 1.58.